The molecule has 29 heavy (non-hydrogen) atoms. The number of ether oxygens (including phenoxy) is 1. The zero-order valence-electron chi connectivity index (χ0n) is 16.0. The lowest BCUT2D eigenvalue weighted by atomic mass is 10.1. The maximum Gasteiger partial charge on any atom is 0.275 e. The summed E-state index contributed by atoms with van der Waals surface area (Å²) in [5, 5.41) is 2.63. The highest BCUT2D eigenvalue weighted by atomic mass is 19.1. The molecule has 1 N–H and O–H groups in total. The molecular weight excluding hydrogens is 375 g/mol. The Morgan fingerprint density at radius 3 is 2.66 bits per heavy atom. The number of imidazole rings is 1. The van der Waals surface area contributed by atoms with Crippen molar-refractivity contribution in [2.75, 3.05) is 30.4 Å². The van der Waals surface area contributed by atoms with E-state index in [1.165, 1.54) is 38.3 Å². The third-order valence-corrected chi connectivity index (χ3v) is 4.81. The zero-order valence-corrected chi connectivity index (χ0v) is 16.0. The number of aromatic nitrogens is 4. The number of carbonyl (C=O) groups is 1. The molecule has 9 heteroatoms. The monoisotopic (exact) mass is 396 g/mol. The van der Waals surface area contributed by atoms with Gasteiger partial charge in [0.2, 0.25) is 0 Å². The number of nitrogens with zero attached hydrogens (tertiary/aromatic N) is 5. The van der Waals surface area contributed by atoms with E-state index >= 15 is 0 Å². The van der Waals surface area contributed by atoms with Crippen molar-refractivity contribution >= 4 is 17.4 Å². The Kier molecular flexibility index (Phi) is 5.37. The highest BCUT2D eigenvalue weighted by molar-refractivity contribution is 6.02. The Morgan fingerprint density at radius 2 is 1.90 bits per heavy atom. The average molecular weight is 396 g/mol. The predicted octanol–water partition coefficient (Wildman–Crippen LogP) is 3.05. The zero-order chi connectivity index (χ0) is 20.2. The first-order chi connectivity index (χ1) is 14.1. The normalized spacial score (nSPS) is 13.9. The van der Waals surface area contributed by atoms with Crippen molar-refractivity contribution < 1.29 is 13.9 Å². The largest absolute Gasteiger partial charge is 0.494 e. The van der Waals surface area contributed by atoms with Crippen LogP contribution in [-0.2, 0) is 0 Å². The Bertz CT molecular complexity index is 1020. The van der Waals surface area contributed by atoms with Crippen molar-refractivity contribution in [1.82, 2.24) is 19.5 Å². The van der Waals surface area contributed by atoms with Gasteiger partial charge in [-0.15, -0.1) is 0 Å². The topological polar surface area (TPSA) is 85.2 Å². The summed E-state index contributed by atoms with van der Waals surface area (Å²) in [4.78, 5) is 27.5. The van der Waals surface area contributed by atoms with Crippen molar-refractivity contribution in [2.24, 2.45) is 0 Å². The van der Waals surface area contributed by atoms with Crippen molar-refractivity contribution in [1.29, 1.82) is 0 Å². The molecule has 0 unspecified atom stereocenters. The molecule has 1 aromatic carbocycles. The van der Waals surface area contributed by atoms with Gasteiger partial charge in [0.05, 0.1) is 7.11 Å². The van der Waals surface area contributed by atoms with E-state index in [0.717, 1.165) is 31.7 Å². The lowest BCUT2D eigenvalue weighted by Gasteiger charge is -2.27. The molecule has 1 amide bonds. The molecule has 3 heterocycles. The Hall–Kier alpha value is -3.49. The number of amides is 1. The number of nitrogens with one attached hydrogen (secondary N) is 1. The third kappa shape index (κ3) is 4.18. The first-order valence-electron chi connectivity index (χ1n) is 9.40. The molecule has 0 saturated carbocycles. The maximum absolute atomic E-state index is 13.8. The molecule has 4 rings (SSSR count). The van der Waals surface area contributed by atoms with Crippen LogP contribution in [0.4, 0.5) is 15.9 Å². The van der Waals surface area contributed by atoms with Crippen LogP contribution in [0.25, 0.3) is 5.82 Å². The number of rotatable bonds is 5. The van der Waals surface area contributed by atoms with Crippen LogP contribution < -0.4 is 15.0 Å². The van der Waals surface area contributed by atoms with Crippen LogP contribution in [-0.4, -0.2) is 45.6 Å². The third-order valence-electron chi connectivity index (χ3n) is 4.81. The van der Waals surface area contributed by atoms with Gasteiger partial charge < -0.3 is 15.0 Å². The minimum atomic E-state index is -0.554. The fourth-order valence-electron chi connectivity index (χ4n) is 3.28. The number of halogens is 1. The molecule has 8 nitrogen and oxygen atoms in total. The highest BCUT2D eigenvalue weighted by Crippen LogP contribution is 2.22. The van der Waals surface area contributed by atoms with E-state index in [-0.39, 0.29) is 11.4 Å². The van der Waals surface area contributed by atoms with Crippen molar-refractivity contribution in [2.45, 2.75) is 19.3 Å². The van der Waals surface area contributed by atoms with Gasteiger partial charge in [-0.05, 0) is 31.4 Å². The molecule has 1 fully saturated rings. The first-order valence-corrected chi connectivity index (χ1v) is 9.40. The van der Waals surface area contributed by atoms with Gasteiger partial charge in [0.15, 0.2) is 11.6 Å². The van der Waals surface area contributed by atoms with E-state index in [1.807, 2.05) is 6.07 Å². The lowest BCUT2D eigenvalue weighted by molar-refractivity contribution is 0.102. The lowest BCUT2D eigenvalue weighted by Crippen LogP contribution is -2.30. The molecule has 1 saturated heterocycles. The van der Waals surface area contributed by atoms with Crippen LogP contribution in [0.15, 0.2) is 43.1 Å². The number of anilines is 2. The summed E-state index contributed by atoms with van der Waals surface area (Å²) in [6.07, 6.45) is 8.16. The van der Waals surface area contributed by atoms with Gasteiger partial charge in [0.25, 0.3) is 5.91 Å². The summed E-state index contributed by atoms with van der Waals surface area (Å²) in [6.45, 7) is 1.96. The standard InChI is InChI=1S/C20H21FN6O2/c1-29-17-6-5-14(9-15(17)21)25-20(28)16-11-27(13-24-16)19-10-18(22-12-23-19)26-7-3-2-4-8-26/h5-6,9-13H,2-4,7-8H2,1H3,(H,25,28). The SMILES string of the molecule is COc1ccc(NC(=O)c2cn(-c3cc(N4CCCCC4)ncn3)cn2)cc1F. The molecule has 1 aliphatic heterocycles. The molecule has 0 radical (unpaired) electrons. The molecule has 150 valence electrons. The first kappa shape index (κ1) is 18.9. The molecule has 2 aromatic heterocycles. The summed E-state index contributed by atoms with van der Waals surface area (Å²) < 4.78 is 20.3. The van der Waals surface area contributed by atoms with Crippen LogP contribution in [0.3, 0.4) is 0 Å². The number of carbonyl (C=O) groups excluding carboxylic acids is 1. The van der Waals surface area contributed by atoms with E-state index < -0.39 is 11.7 Å². The van der Waals surface area contributed by atoms with Gasteiger partial charge in [-0.1, -0.05) is 0 Å². The number of hydrogen-bond donors (Lipinski definition) is 1. The fourth-order valence-corrected chi connectivity index (χ4v) is 3.28. The molecule has 0 bridgehead atoms. The van der Waals surface area contributed by atoms with Gasteiger partial charge in [0, 0.05) is 37.1 Å². The Balaban J connectivity index is 1.49. The second-order valence-corrected chi connectivity index (χ2v) is 6.75. The summed E-state index contributed by atoms with van der Waals surface area (Å²) in [5.74, 6) is 0.604. The summed E-state index contributed by atoms with van der Waals surface area (Å²) >= 11 is 0. The van der Waals surface area contributed by atoms with E-state index in [2.05, 4.69) is 25.2 Å². The van der Waals surface area contributed by atoms with Crippen molar-refractivity contribution in [3.8, 4) is 11.6 Å². The fraction of sp³-hybridized carbons (Fsp3) is 0.300. The molecule has 3 aromatic rings. The molecule has 0 atom stereocenters. The van der Waals surface area contributed by atoms with Crippen LogP contribution in [0.2, 0.25) is 0 Å². The van der Waals surface area contributed by atoms with Crippen LogP contribution in [0.5, 0.6) is 5.75 Å². The van der Waals surface area contributed by atoms with Gasteiger partial charge >= 0.3 is 0 Å². The molecule has 0 aliphatic carbocycles. The van der Waals surface area contributed by atoms with E-state index in [9.17, 15) is 9.18 Å². The average Bonchev–Trinajstić information content (AvgIpc) is 3.25. The molecule has 0 spiro atoms. The Morgan fingerprint density at radius 1 is 1.10 bits per heavy atom. The molecular formula is C20H21FN6O2. The quantitative estimate of drug-likeness (QED) is 0.714. The predicted molar refractivity (Wildman–Crippen MR) is 106 cm³/mol. The van der Waals surface area contributed by atoms with Crippen LogP contribution >= 0.6 is 0 Å². The maximum atomic E-state index is 13.8. The van der Waals surface area contributed by atoms with Crippen molar-refractivity contribution in [3.05, 3.63) is 54.6 Å². The van der Waals surface area contributed by atoms with Gasteiger partial charge in [0.1, 0.15) is 30.0 Å². The van der Waals surface area contributed by atoms with Crippen LogP contribution in [0.1, 0.15) is 29.8 Å². The van der Waals surface area contributed by atoms with E-state index in [1.54, 1.807) is 16.8 Å². The minimum Gasteiger partial charge on any atom is -0.494 e. The Labute approximate surface area is 167 Å². The second kappa shape index (κ2) is 8.26. The van der Waals surface area contributed by atoms with Gasteiger partial charge in [-0.3, -0.25) is 9.36 Å². The summed E-state index contributed by atoms with van der Waals surface area (Å²) in [6, 6.07) is 6.09. The highest BCUT2D eigenvalue weighted by Gasteiger charge is 2.15. The minimum absolute atomic E-state index is 0.112. The number of benzene rings is 1. The molecule has 1 aliphatic rings. The number of hydrogen-bond acceptors (Lipinski definition) is 6. The number of methoxy groups -OCH3 is 1. The van der Waals surface area contributed by atoms with Crippen molar-refractivity contribution in [3.63, 3.8) is 0 Å². The summed E-state index contributed by atoms with van der Waals surface area (Å²) in [5.41, 5.74) is 0.511. The van der Waals surface area contributed by atoms with Crippen LogP contribution in [0, 0.1) is 5.82 Å². The summed E-state index contributed by atoms with van der Waals surface area (Å²) in [7, 11) is 1.38. The second-order valence-electron chi connectivity index (χ2n) is 6.75. The van der Waals surface area contributed by atoms with Gasteiger partial charge in [-0.25, -0.2) is 19.3 Å². The number of piperidine rings is 1. The van der Waals surface area contributed by atoms with E-state index in [0.29, 0.717) is 11.5 Å². The smallest absolute Gasteiger partial charge is 0.275 e. The van der Waals surface area contributed by atoms with Gasteiger partial charge in [-0.2, -0.15) is 0 Å². The van der Waals surface area contributed by atoms with E-state index in [4.69, 9.17) is 4.74 Å².